The molecule has 1 N–H and O–H groups in total. The van der Waals surface area contributed by atoms with Gasteiger partial charge in [-0.1, -0.05) is 83.9 Å². The maximum absolute atomic E-state index is 13.3. The van der Waals surface area contributed by atoms with Crippen molar-refractivity contribution >= 4 is 61.8 Å². The first-order valence-corrected chi connectivity index (χ1v) is 12.4. The van der Waals surface area contributed by atoms with Gasteiger partial charge in [0.25, 0.3) is 15.9 Å². The molecule has 4 aromatic rings. The van der Waals surface area contributed by atoms with Crippen molar-refractivity contribution in [3.05, 3.63) is 107 Å². The molecule has 0 saturated heterocycles. The fraction of sp³-hybridized carbons (Fsp3) is 0.0400. The van der Waals surface area contributed by atoms with Crippen LogP contribution in [-0.4, -0.2) is 27.1 Å². The summed E-state index contributed by atoms with van der Waals surface area (Å²) in [5, 5.41) is 6.49. The molecule has 0 aliphatic carbocycles. The first-order valence-electron chi connectivity index (χ1n) is 10.2. The summed E-state index contributed by atoms with van der Waals surface area (Å²) < 4.78 is 27.6. The summed E-state index contributed by atoms with van der Waals surface area (Å²) in [5.41, 5.74) is 3.43. The van der Waals surface area contributed by atoms with Crippen molar-refractivity contribution in [1.82, 2.24) is 5.43 Å². The van der Waals surface area contributed by atoms with E-state index in [0.29, 0.717) is 0 Å². The Morgan fingerprint density at radius 1 is 0.882 bits per heavy atom. The van der Waals surface area contributed by atoms with Gasteiger partial charge in [0, 0.05) is 5.56 Å². The molecule has 0 bridgehead atoms. The van der Waals surface area contributed by atoms with Gasteiger partial charge in [-0.3, -0.25) is 9.10 Å². The van der Waals surface area contributed by atoms with Crippen LogP contribution >= 0.6 is 23.2 Å². The summed E-state index contributed by atoms with van der Waals surface area (Å²) in [5.74, 6) is -0.623. The third-order valence-electron chi connectivity index (χ3n) is 5.03. The van der Waals surface area contributed by atoms with E-state index < -0.39 is 22.5 Å². The highest BCUT2D eigenvalue weighted by Gasteiger charge is 2.27. The van der Waals surface area contributed by atoms with E-state index in [1.807, 2.05) is 42.5 Å². The van der Waals surface area contributed by atoms with Gasteiger partial charge in [0.1, 0.15) is 6.54 Å². The second kappa shape index (κ2) is 10.3. The Morgan fingerprint density at radius 3 is 2.35 bits per heavy atom. The zero-order chi connectivity index (χ0) is 24.1. The number of halogens is 2. The minimum atomic E-state index is -4.07. The second-order valence-corrected chi connectivity index (χ2v) is 9.96. The number of amides is 1. The SMILES string of the molecule is O=C(CN(c1ccc(Cl)c(Cl)c1)S(=O)(=O)c1ccccc1)N/N=C/c1cccc2ccccc12. The number of nitrogens with one attached hydrogen (secondary N) is 1. The zero-order valence-electron chi connectivity index (χ0n) is 17.7. The fourth-order valence-corrected chi connectivity index (χ4v) is 5.10. The Kier molecular flexibility index (Phi) is 7.17. The minimum Gasteiger partial charge on any atom is -0.271 e. The Balaban J connectivity index is 1.59. The van der Waals surface area contributed by atoms with E-state index in [2.05, 4.69) is 10.5 Å². The lowest BCUT2D eigenvalue weighted by Gasteiger charge is -2.24. The van der Waals surface area contributed by atoms with Crippen LogP contribution in [0.2, 0.25) is 10.0 Å². The van der Waals surface area contributed by atoms with E-state index in [9.17, 15) is 13.2 Å². The number of anilines is 1. The molecule has 0 saturated carbocycles. The predicted octanol–water partition coefficient (Wildman–Crippen LogP) is 5.49. The number of hydrogen-bond donors (Lipinski definition) is 1. The number of hydrazone groups is 1. The number of benzene rings is 4. The van der Waals surface area contributed by atoms with Crippen molar-refractivity contribution in [2.45, 2.75) is 4.90 Å². The fourth-order valence-electron chi connectivity index (χ4n) is 3.38. The molecule has 0 atom stereocenters. The molecule has 4 rings (SSSR count). The third kappa shape index (κ3) is 5.22. The molecule has 0 aromatic heterocycles. The van der Waals surface area contributed by atoms with Gasteiger partial charge >= 0.3 is 0 Å². The van der Waals surface area contributed by atoms with Gasteiger partial charge in [-0.05, 0) is 41.1 Å². The van der Waals surface area contributed by atoms with Crippen LogP contribution in [-0.2, 0) is 14.8 Å². The highest BCUT2D eigenvalue weighted by atomic mass is 35.5. The lowest BCUT2D eigenvalue weighted by Crippen LogP contribution is -2.39. The summed E-state index contributed by atoms with van der Waals surface area (Å²) in [4.78, 5) is 12.8. The molecule has 172 valence electrons. The van der Waals surface area contributed by atoms with Crippen LogP contribution in [0.3, 0.4) is 0 Å². The van der Waals surface area contributed by atoms with E-state index in [1.54, 1.807) is 18.2 Å². The number of carbonyl (C=O) groups is 1. The number of rotatable bonds is 7. The van der Waals surface area contributed by atoms with Crippen LogP contribution in [0.1, 0.15) is 5.56 Å². The molecule has 0 aliphatic rings. The molecule has 0 spiro atoms. The summed E-state index contributed by atoms with van der Waals surface area (Å²) >= 11 is 12.1. The van der Waals surface area contributed by atoms with Gasteiger partial charge in [0.15, 0.2) is 0 Å². The number of fused-ring (bicyclic) bond motifs is 1. The molecule has 0 unspecified atom stereocenters. The highest BCUT2D eigenvalue weighted by Crippen LogP contribution is 2.30. The molecule has 34 heavy (non-hydrogen) atoms. The smallest absolute Gasteiger partial charge is 0.264 e. The summed E-state index contributed by atoms with van der Waals surface area (Å²) in [6, 6.07) is 25.7. The third-order valence-corrected chi connectivity index (χ3v) is 7.55. The minimum absolute atomic E-state index is 0.0353. The molecule has 0 aliphatic heterocycles. The normalized spacial score (nSPS) is 11.6. The predicted molar refractivity (Wildman–Crippen MR) is 137 cm³/mol. The van der Waals surface area contributed by atoms with Crippen molar-refractivity contribution in [1.29, 1.82) is 0 Å². The molecular formula is C25H19Cl2N3O3S. The first-order chi connectivity index (χ1) is 16.4. The number of hydrogen-bond acceptors (Lipinski definition) is 4. The van der Waals surface area contributed by atoms with E-state index in [-0.39, 0.29) is 20.6 Å². The monoisotopic (exact) mass is 511 g/mol. The number of carbonyl (C=O) groups excluding carboxylic acids is 1. The number of sulfonamides is 1. The molecule has 4 aromatic carbocycles. The van der Waals surface area contributed by atoms with E-state index >= 15 is 0 Å². The standard InChI is InChI=1S/C25H19Cl2N3O3S/c26-23-14-13-20(15-24(23)27)30(34(32,33)21-10-2-1-3-11-21)17-25(31)29-28-16-19-9-6-8-18-7-4-5-12-22(18)19/h1-16H,17H2,(H,29,31)/b28-16+. The van der Waals surface area contributed by atoms with Crippen LogP contribution in [0.4, 0.5) is 5.69 Å². The van der Waals surface area contributed by atoms with Crippen LogP contribution in [0.5, 0.6) is 0 Å². The Bertz CT molecular complexity index is 1470. The summed E-state index contributed by atoms with van der Waals surface area (Å²) in [6.45, 7) is -0.512. The topological polar surface area (TPSA) is 78.8 Å². The van der Waals surface area contributed by atoms with Crippen LogP contribution in [0.15, 0.2) is 101 Å². The average molecular weight is 512 g/mol. The van der Waals surface area contributed by atoms with Gasteiger partial charge in [-0.2, -0.15) is 5.10 Å². The van der Waals surface area contributed by atoms with Gasteiger partial charge < -0.3 is 0 Å². The summed E-state index contributed by atoms with van der Waals surface area (Å²) in [7, 11) is -4.07. The molecule has 0 heterocycles. The summed E-state index contributed by atoms with van der Waals surface area (Å²) in [6.07, 6.45) is 1.52. The maximum atomic E-state index is 13.3. The Hall–Kier alpha value is -3.39. The van der Waals surface area contributed by atoms with Crippen LogP contribution in [0, 0.1) is 0 Å². The van der Waals surface area contributed by atoms with Gasteiger partial charge in [-0.15, -0.1) is 0 Å². The Morgan fingerprint density at radius 2 is 1.59 bits per heavy atom. The molecule has 9 heteroatoms. The van der Waals surface area contributed by atoms with Gasteiger partial charge in [0.05, 0.1) is 26.8 Å². The van der Waals surface area contributed by atoms with E-state index in [4.69, 9.17) is 23.2 Å². The lowest BCUT2D eigenvalue weighted by molar-refractivity contribution is -0.119. The van der Waals surface area contributed by atoms with Crippen LogP contribution in [0.25, 0.3) is 10.8 Å². The molecule has 1 amide bonds. The van der Waals surface area contributed by atoms with Gasteiger partial charge in [0.2, 0.25) is 0 Å². The number of nitrogens with zero attached hydrogens (tertiary/aromatic N) is 2. The van der Waals surface area contributed by atoms with E-state index in [1.165, 1.54) is 36.5 Å². The average Bonchev–Trinajstić information content (AvgIpc) is 2.85. The van der Waals surface area contributed by atoms with Crippen molar-refractivity contribution in [3.63, 3.8) is 0 Å². The lowest BCUT2D eigenvalue weighted by atomic mass is 10.1. The van der Waals surface area contributed by atoms with Crippen LogP contribution < -0.4 is 9.73 Å². The second-order valence-electron chi connectivity index (χ2n) is 7.28. The van der Waals surface area contributed by atoms with Crippen molar-refractivity contribution in [2.75, 3.05) is 10.8 Å². The zero-order valence-corrected chi connectivity index (χ0v) is 20.1. The van der Waals surface area contributed by atoms with Crippen molar-refractivity contribution in [2.24, 2.45) is 5.10 Å². The van der Waals surface area contributed by atoms with E-state index in [0.717, 1.165) is 20.6 Å². The first kappa shape index (κ1) is 23.8. The Labute approximate surface area is 207 Å². The maximum Gasteiger partial charge on any atom is 0.264 e. The van der Waals surface area contributed by atoms with Crippen molar-refractivity contribution in [3.8, 4) is 0 Å². The van der Waals surface area contributed by atoms with Crippen molar-refractivity contribution < 1.29 is 13.2 Å². The highest BCUT2D eigenvalue weighted by molar-refractivity contribution is 7.92. The molecule has 0 fully saturated rings. The van der Waals surface area contributed by atoms with Gasteiger partial charge in [-0.25, -0.2) is 13.8 Å². The molecular weight excluding hydrogens is 493 g/mol. The largest absolute Gasteiger partial charge is 0.271 e. The quantitative estimate of drug-likeness (QED) is 0.263. The molecule has 0 radical (unpaired) electrons. The molecule has 6 nitrogen and oxygen atoms in total.